The maximum absolute atomic E-state index is 12.7. The van der Waals surface area contributed by atoms with E-state index in [1.165, 1.54) is 4.88 Å². The molecule has 24 heavy (non-hydrogen) atoms. The first-order chi connectivity index (χ1) is 11.7. The Morgan fingerprint density at radius 2 is 1.92 bits per heavy atom. The highest BCUT2D eigenvalue weighted by molar-refractivity contribution is 7.09. The topological polar surface area (TPSA) is 23.6 Å². The van der Waals surface area contributed by atoms with Gasteiger partial charge in [-0.25, -0.2) is 0 Å². The number of carbonyl (C=O) groups excluding carboxylic acids is 1. The van der Waals surface area contributed by atoms with E-state index in [0.717, 1.165) is 49.7 Å². The smallest absolute Gasteiger partial charge is 0.226 e. The predicted molar refractivity (Wildman–Crippen MR) is 98.5 cm³/mol. The van der Waals surface area contributed by atoms with Crippen molar-refractivity contribution in [3.63, 3.8) is 0 Å². The molecule has 2 aliphatic rings. The lowest BCUT2D eigenvalue weighted by molar-refractivity contribution is -0.134. The number of amides is 1. The Morgan fingerprint density at radius 1 is 1.12 bits per heavy atom. The number of nitrogens with zero attached hydrogens (tertiary/aromatic N) is 2. The second-order valence-corrected chi connectivity index (χ2v) is 8.09. The van der Waals surface area contributed by atoms with Crippen molar-refractivity contribution in [3.8, 4) is 0 Å². The third-order valence-corrected chi connectivity index (χ3v) is 6.26. The SMILES string of the molecule is O=C(C1CC1c1ccccc1Cl)N1CCN(Cc2cccs2)CC1. The first kappa shape index (κ1) is 16.1. The van der Waals surface area contributed by atoms with Gasteiger partial charge in [-0.2, -0.15) is 0 Å². The van der Waals surface area contributed by atoms with Gasteiger partial charge in [-0.1, -0.05) is 35.9 Å². The fraction of sp³-hybridized carbons (Fsp3) is 0.421. The molecule has 4 rings (SSSR count). The van der Waals surface area contributed by atoms with Crippen LogP contribution in [0.15, 0.2) is 41.8 Å². The van der Waals surface area contributed by atoms with Crippen LogP contribution in [0.5, 0.6) is 0 Å². The van der Waals surface area contributed by atoms with Gasteiger partial charge in [0.1, 0.15) is 0 Å². The second-order valence-electron chi connectivity index (χ2n) is 6.65. The highest BCUT2D eigenvalue weighted by Crippen LogP contribution is 2.50. The molecule has 1 amide bonds. The lowest BCUT2D eigenvalue weighted by atomic mass is 10.1. The molecule has 0 N–H and O–H groups in total. The molecule has 1 aromatic heterocycles. The molecule has 2 fully saturated rings. The van der Waals surface area contributed by atoms with Crippen LogP contribution in [0.2, 0.25) is 5.02 Å². The zero-order chi connectivity index (χ0) is 16.5. The molecule has 3 nitrogen and oxygen atoms in total. The summed E-state index contributed by atoms with van der Waals surface area (Å²) in [5, 5.41) is 2.91. The Morgan fingerprint density at radius 3 is 2.62 bits per heavy atom. The van der Waals surface area contributed by atoms with Gasteiger partial charge in [0, 0.05) is 48.5 Å². The van der Waals surface area contributed by atoms with Crippen LogP contribution < -0.4 is 0 Å². The summed E-state index contributed by atoms with van der Waals surface area (Å²) in [5.74, 6) is 0.764. The molecule has 0 spiro atoms. The van der Waals surface area contributed by atoms with Gasteiger partial charge in [-0.3, -0.25) is 9.69 Å². The molecule has 2 aromatic rings. The largest absolute Gasteiger partial charge is 0.340 e. The fourth-order valence-electron chi connectivity index (χ4n) is 3.57. The number of hydrogen-bond acceptors (Lipinski definition) is 3. The van der Waals surface area contributed by atoms with Gasteiger partial charge in [0.25, 0.3) is 0 Å². The summed E-state index contributed by atoms with van der Waals surface area (Å²) in [6, 6.07) is 12.2. The zero-order valence-electron chi connectivity index (χ0n) is 13.5. The Labute approximate surface area is 151 Å². The maximum Gasteiger partial charge on any atom is 0.226 e. The van der Waals surface area contributed by atoms with Crippen LogP contribution >= 0.6 is 22.9 Å². The molecular formula is C19H21ClN2OS. The summed E-state index contributed by atoms with van der Waals surface area (Å²) in [4.78, 5) is 18.6. The van der Waals surface area contributed by atoms with Crippen LogP contribution in [0.1, 0.15) is 22.8 Å². The summed E-state index contributed by atoms with van der Waals surface area (Å²) in [7, 11) is 0. The highest BCUT2D eigenvalue weighted by atomic mass is 35.5. The van der Waals surface area contributed by atoms with Crippen molar-refractivity contribution < 1.29 is 4.79 Å². The van der Waals surface area contributed by atoms with Crippen molar-refractivity contribution >= 4 is 28.8 Å². The van der Waals surface area contributed by atoms with Gasteiger partial charge in [-0.15, -0.1) is 11.3 Å². The number of halogens is 1. The molecule has 2 heterocycles. The van der Waals surface area contributed by atoms with E-state index < -0.39 is 0 Å². The van der Waals surface area contributed by atoms with Gasteiger partial charge in [0.15, 0.2) is 0 Å². The molecule has 0 bridgehead atoms. The fourth-order valence-corrected chi connectivity index (χ4v) is 4.59. The second kappa shape index (κ2) is 6.87. The molecule has 1 saturated heterocycles. The average Bonchev–Trinajstić information content (AvgIpc) is 3.23. The van der Waals surface area contributed by atoms with Crippen LogP contribution in [0.3, 0.4) is 0 Å². The van der Waals surface area contributed by atoms with Gasteiger partial charge in [0.2, 0.25) is 5.91 Å². The van der Waals surface area contributed by atoms with Crippen molar-refractivity contribution in [2.75, 3.05) is 26.2 Å². The van der Waals surface area contributed by atoms with Crippen molar-refractivity contribution in [2.45, 2.75) is 18.9 Å². The summed E-state index contributed by atoms with van der Waals surface area (Å²) < 4.78 is 0. The average molecular weight is 361 g/mol. The molecule has 1 aromatic carbocycles. The monoisotopic (exact) mass is 360 g/mol. The van der Waals surface area contributed by atoms with Gasteiger partial charge in [0.05, 0.1) is 0 Å². The minimum Gasteiger partial charge on any atom is -0.340 e. The highest BCUT2D eigenvalue weighted by Gasteiger charge is 2.46. The Bertz CT molecular complexity index is 710. The minimum absolute atomic E-state index is 0.133. The van der Waals surface area contributed by atoms with Gasteiger partial charge >= 0.3 is 0 Å². The molecule has 2 atom stereocenters. The molecule has 2 unspecified atom stereocenters. The van der Waals surface area contributed by atoms with E-state index in [9.17, 15) is 4.79 Å². The molecule has 126 valence electrons. The van der Waals surface area contributed by atoms with Crippen molar-refractivity contribution in [2.24, 2.45) is 5.92 Å². The quantitative estimate of drug-likeness (QED) is 0.826. The lowest BCUT2D eigenvalue weighted by Crippen LogP contribution is -2.48. The summed E-state index contributed by atoms with van der Waals surface area (Å²) in [6.07, 6.45) is 0.942. The van der Waals surface area contributed by atoms with Crippen LogP contribution in [-0.4, -0.2) is 41.9 Å². The molecular weight excluding hydrogens is 340 g/mol. The molecule has 0 radical (unpaired) electrons. The van der Waals surface area contributed by atoms with E-state index in [-0.39, 0.29) is 5.92 Å². The van der Waals surface area contributed by atoms with Crippen LogP contribution in [0.4, 0.5) is 0 Å². The lowest BCUT2D eigenvalue weighted by Gasteiger charge is -2.34. The van der Waals surface area contributed by atoms with E-state index in [2.05, 4.69) is 28.5 Å². The van der Waals surface area contributed by atoms with E-state index in [1.807, 2.05) is 23.1 Å². The van der Waals surface area contributed by atoms with Crippen molar-refractivity contribution in [1.82, 2.24) is 9.80 Å². The Balaban J connectivity index is 1.30. The third-order valence-electron chi connectivity index (χ3n) is 5.06. The maximum atomic E-state index is 12.7. The predicted octanol–water partition coefficient (Wildman–Crippen LogP) is 3.85. The molecule has 1 aliphatic carbocycles. The van der Waals surface area contributed by atoms with Crippen LogP contribution in [0, 0.1) is 5.92 Å². The number of piperazine rings is 1. The molecule has 5 heteroatoms. The van der Waals surface area contributed by atoms with Gasteiger partial charge in [-0.05, 0) is 35.4 Å². The summed E-state index contributed by atoms with van der Waals surface area (Å²) in [6.45, 7) is 4.62. The van der Waals surface area contributed by atoms with E-state index in [4.69, 9.17) is 11.6 Å². The van der Waals surface area contributed by atoms with E-state index >= 15 is 0 Å². The first-order valence-electron chi connectivity index (χ1n) is 8.50. The zero-order valence-corrected chi connectivity index (χ0v) is 15.1. The van der Waals surface area contributed by atoms with E-state index in [0.29, 0.717) is 11.8 Å². The first-order valence-corrected chi connectivity index (χ1v) is 9.76. The van der Waals surface area contributed by atoms with Crippen molar-refractivity contribution in [1.29, 1.82) is 0 Å². The minimum atomic E-state index is 0.133. The Hall–Kier alpha value is -1.36. The summed E-state index contributed by atoms with van der Waals surface area (Å²) >= 11 is 8.07. The van der Waals surface area contributed by atoms with Crippen molar-refractivity contribution in [3.05, 3.63) is 57.2 Å². The van der Waals surface area contributed by atoms with Crippen LogP contribution in [-0.2, 0) is 11.3 Å². The number of hydrogen-bond donors (Lipinski definition) is 0. The standard InChI is InChI=1S/C19H21ClN2OS/c20-18-6-2-1-5-15(18)16-12-17(16)19(23)22-9-7-21(8-10-22)13-14-4-3-11-24-14/h1-6,11,16-17H,7-10,12-13H2. The number of rotatable bonds is 4. The number of benzene rings is 1. The van der Waals surface area contributed by atoms with Gasteiger partial charge < -0.3 is 4.90 Å². The molecule has 1 saturated carbocycles. The molecule has 1 aliphatic heterocycles. The van der Waals surface area contributed by atoms with Crippen LogP contribution in [0.25, 0.3) is 0 Å². The summed E-state index contributed by atoms with van der Waals surface area (Å²) in [5.41, 5.74) is 1.13. The Kier molecular flexibility index (Phi) is 4.61. The normalized spacial score (nSPS) is 24.1. The number of thiophene rings is 1. The van der Waals surface area contributed by atoms with E-state index in [1.54, 1.807) is 11.3 Å². The third kappa shape index (κ3) is 3.37. The number of carbonyl (C=O) groups is 1.